The summed E-state index contributed by atoms with van der Waals surface area (Å²) < 4.78 is 0. The maximum Gasteiger partial charge on any atom is 0.241 e. The van der Waals surface area contributed by atoms with Gasteiger partial charge in [0, 0.05) is 25.6 Å². The van der Waals surface area contributed by atoms with Crippen molar-refractivity contribution in [2.75, 3.05) is 30.4 Å². The highest BCUT2D eigenvalue weighted by atomic mass is 16.2. The number of piperidine rings is 1. The van der Waals surface area contributed by atoms with Crippen molar-refractivity contribution >= 4 is 17.5 Å². The number of hydrogen-bond donors (Lipinski definition) is 3. The molecule has 1 aliphatic rings. The number of carbonyl (C=O) groups excluding carboxylic acids is 1. The highest BCUT2D eigenvalue weighted by Gasteiger charge is 2.16. The van der Waals surface area contributed by atoms with Crippen molar-refractivity contribution in [2.24, 2.45) is 5.84 Å². The van der Waals surface area contributed by atoms with Crippen LogP contribution >= 0.6 is 0 Å². The van der Waals surface area contributed by atoms with E-state index in [-0.39, 0.29) is 12.5 Å². The van der Waals surface area contributed by atoms with Gasteiger partial charge in [-0.05, 0) is 19.3 Å². The van der Waals surface area contributed by atoms with Gasteiger partial charge in [0.15, 0.2) is 0 Å². The Hall–Kier alpha value is -1.89. The lowest BCUT2D eigenvalue weighted by atomic mass is 10.1. The van der Waals surface area contributed by atoms with E-state index < -0.39 is 0 Å². The molecule has 0 unspecified atom stereocenters. The van der Waals surface area contributed by atoms with Crippen LogP contribution in [0.2, 0.25) is 0 Å². The van der Waals surface area contributed by atoms with E-state index in [2.05, 4.69) is 20.7 Å². The number of rotatable bonds is 5. The summed E-state index contributed by atoms with van der Waals surface area (Å²) in [4.78, 5) is 22.5. The molecule has 0 atom stereocenters. The molecule has 0 aliphatic carbocycles. The van der Waals surface area contributed by atoms with Crippen LogP contribution in [-0.2, 0) is 11.2 Å². The normalized spacial score (nSPS) is 15.0. The number of nitrogen functional groups attached to an aromatic ring is 1. The average Bonchev–Trinajstić information content (AvgIpc) is 2.53. The second kappa shape index (κ2) is 7.04. The van der Waals surface area contributed by atoms with Crippen molar-refractivity contribution in [1.82, 2.24) is 14.9 Å². The van der Waals surface area contributed by atoms with E-state index in [9.17, 15) is 4.79 Å². The fourth-order valence-corrected chi connectivity index (χ4v) is 2.24. The molecule has 0 bridgehead atoms. The monoisotopic (exact) mass is 278 g/mol. The van der Waals surface area contributed by atoms with Crippen molar-refractivity contribution < 1.29 is 4.79 Å². The van der Waals surface area contributed by atoms with Gasteiger partial charge in [-0.1, -0.05) is 6.92 Å². The van der Waals surface area contributed by atoms with Gasteiger partial charge in [0.1, 0.15) is 17.5 Å². The number of carbonyl (C=O) groups is 1. The number of nitrogens with one attached hydrogen (secondary N) is 2. The molecule has 1 aliphatic heterocycles. The molecular formula is C13H22N6O. The van der Waals surface area contributed by atoms with E-state index >= 15 is 0 Å². The van der Waals surface area contributed by atoms with E-state index in [1.807, 2.05) is 11.8 Å². The third-order valence-corrected chi connectivity index (χ3v) is 3.37. The van der Waals surface area contributed by atoms with Crippen LogP contribution in [0.3, 0.4) is 0 Å². The summed E-state index contributed by atoms with van der Waals surface area (Å²) in [6.45, 7) is 3.95. The fraction of sp³-hybridized carbons (Fsp3) is 0.615. The van der Waals surface area contributed by atoms with Crippen LogP contribution in [0.5, 0.6) is 0 Å². The molecule has 1 fully saturated rings. The molecule has 4 N–H and O–H groups in total. The number of hydrogen-bond acceptors (Lipinski definition) is 6. The molecule has 2 heterocycles. The Kier molecular flexibility index (Phi) is 5.11. The first kappa shape index (κ1) is 14.5. The second-order valence-electron chi connectivity index (χ2n) is 4.85. The zero-order valence-electron chi connectivity index (χ0n) is 11.9. The number of likely N-dealkylation sites (tertiary alicyclic amines) is 1. The predicted molar refractivity (Wildman–Crippen MR) is 78.1 cm³/mol. The zero-order valence-corrected chi connectivity index (χ0v) is 11.9. The molecule has 7 heteroatoms. The van der Waals surface area contributed by atoms with Crippen LogP contribution < -0.4 is 16.6 Å². The molecule has 0 aromatic carbocycles. The molecule has 1 aromatic heterocycles. The zero-order chi connectivity index (χ0) is 14.4. The average molecular weight is 278 g/mol. The molecule has 1 amide bonds. The standard InChI is InChI=1S/C13H22N6O/c1-2-10-16-11(8-12(17-10)18-14)15-9-13(20)19-6-4-3-5-7-19/h8H,2-7,9,14H2,1H3,(H2,15,16,17,18). The number of aromatic nitrogens is 2. The molecule has 2 rings (SSSR count). The number of nitrogens with zero attached hydrogens (tertiary/aromatic N) is 3. The minimum absolute atomic E-state index is 0.114. The third kappa shape index (κ3) is 3.80. The van der Waals surface area contributed by atoms with Crippen molar-refractivity contribution in [1.29, 1.82) is 0 Å². The van der Waals surface area contributed by atoms with Crippen LogP contribution in [0.1, 0.15) is 32.0 Å². The Morgan fingerprint density at radius 1 is 1.30 bits per heavy atom. The summed E-state index contributed by atoms with van der Waals surface area (Å²) in [5, 5.41) is 3.05. The Balaban J connectivity index is 1.94. The summed E-state index contributed by atoms with van der Waals surface area (Å²) in [6, 6.07) is 1.70. The number of nitrogens with two attached hydrogens (primary N) is 1. The van der Waals surface area contributed by atoms with Gasteiger partial charge in [-0.3, -0.25) is 4.79 Å². The van der Waals surface area contributed by atoms with E-state index in [0.717, 1.165) is 25.9 Å². The van der Waals surface area contributed by atoms with Gasteiger partial charge in [0.25, 0.3) is 0 Å². The minimum atomic E-state index is 0.114. The Morgan fingerprint density at radius 3 is 2.65 bits per heavy atom. The summed E-state index contributed by atoms with van der Waals surface area (Å²) >= 11 is 0. The Morgan fingerprint density at radius 2 is 2.00 bits per heavy atom. The maximum absolute atomic E-state index is 12.1. The van der Waals surface area contributed by atoms with Gasteiger partial charge in [0.2, 0.25) is 5.91 Å². The quantitative estimate of drug-likeness (QED) is 0.543. The molecule has 7 nitrogen and oxygen atoms in total. The second-order valence-corrected chi connectivity index (χ2v) is 4.85. The van der Waals surface area contributed by atoms with Gasteiger partial charge >= 0.3 is 0 Å². The van der Waals surface area contributed by atoms with Crippen LogP contribution in [0.4, 0.5) is 11.6 Å². The third-order valence-electron chi connectivity index (χ3n) is 3.37. The minimum Gasteiger partial charge on any atom is -0.361 e. The smallest absolute Gasteiger partial charge is 0.241 e. The first-order valence-electron chi connectivity index (χ1n) is 7.09. The van der Waals surface area contributed by atoms with Gasteiger partial charge in [-0.15, -0.1) is 0 Å². The lowest BCUT2D eigenvalue weighted by Gasteiger charge is -2.26. The molecule has 1 saturated heterocycles. The molecular weight excluding hydrogens is 256 g/mol. The SMILES string of the molecule is CCc1nc(NN)cc(NCC(=O)N2CCCCC2)n1. The highest BCUT2D eigenvalue weighted by Crippen LogP contribution is 2.12. The maximum atomic E-state index is 12.1. The number of aryl methyl sites for hydroxylation is 1. The van der Waals surface area contributed by atoms with Gasteiger partial charge in [0.05, 0.1) is 6.54 Å². The summed E-state index contributed by atoms with van der Waals surface area (Å²) in [5.74, 6) is 7.34. The van der Waals surface area contributed by atoms with E-state index in [1.54, 1.807) is 6.07 Å². The molecule has 0 saturated carbocycles. The molecule has 1 aromatic rings. The van der Waals surface area contributed by atoms with Crippen LogP contribution in [0.25, 0.3) is 0 Å². The largest absolute Gasteiger partial charge is 0.361 e. The summed E-state index contributed by atoms with van der Waals surface area (Å²) in [7, 11) is 0. The van der Waals surface area contributed by atoms with Crippen molar-refractivity contribution in [3.8, 4) is 0 Å². The Labute approximate surface area is 118 Å². The number of amides is 1. The van der Waals surface area contributed by atoms with Crippen LogP contribution in [0.15, 0.2) is 6.07 Å². The predicted octanol–water partition coefficient (Wildman–Crippen LogP) is 0.749. The topological polar surface area (TPSA) is 96.2 Å². The lowest BCUT2D eigenvalue weighted by Crippen LogP contribution is -2.39. The van der Waals surface area contributed by atoms with E-state index in [0.29, 0.717) is 23.9 Å². The molecule has 20 heavy (non-hydrogen) atoms. The van der Waals surface area contributed by atoms with Gasteiger partial charge in [-0.2, -0.15) is 0 Å². The first-order chi connectivity index (χ1) is 9.72. The summed E-state index contributed by atoms with van der Waals surface area (Å²) in [5.41, 5.74) is 2.51. The van der Waals surface area contributed by atoms with Crippen LogP contribution in [-0.4, -0.2) is 40.4 Å². The van der Waals surface area contributed by atoms with E-state index in [1.165, 1.54) is 6.42 Å². The van der Waals surface area contributed by atoms with Gasteiger partial charge < -0.3 is 15.6 Å². The lowest BCUT2D eigenvalue weighted by molar-refractivity contribution is -0.130. The number of hydrazine groups is 1. The van der Waals surface area contributed by atoms with Crippen molar-refractivity contribution in [3.05, 3.63) is 11.9 Å². The molecule has 0 spiro atoms. The van der Waals surface area contributed by atoms with Crippen molar-refractivity contribution in [3.63, 3.8) is 0 Å². The van der Waals surface area contributed by atoms with E-state index in [4.69, 9.17) is 5.84 Å². The van der Waals surface area contributed by atoms with Crippen LogP contribution in [0, 0.1) is 0 Å². The van der Waals surface area contributed by atoms with Gasteiger partial charge in [-0.25, -0.2) is 15.8 Å². The summed E-state index contributed by atoms with van der Waals surface area (Å²) in [6.07, 6.45) is 4.12. The highest BCUT2D eigenvalue weighted by molar-refractivity contribution is 5.80. The number of anilines is 2. The fourth-order valence-electron chi connectivity index (χ4n) is 2.24. The Bertz CT molecular complexity index is 436. The molecule has 0 radical (unpaired) electrons. The first-order valence-corrected chi connectivity index (χ1v) is 7.09. The molecule has 110 valence electrons. The van der Waals surface area contributed by atoms with Crippen molar-refractivity contribution in [2.45, 2.75) is 32.6 Å².